The van der Waals surface area contributed by atoms with Gasteiger partial charge < -0.3 is 25.4 Å². The van der Waals surface area contributed by atoms with Crippen molar-refractivity contribution in [2.45, 2.75) is 26.4 Å². The number of hydrogen-bond acceptors (Lipinski definition) is 6. The molecule has 37 heavy (non-hydrogen) atoms. The Morgan fingerprint density at radius 2 is 1.70 bits per heavy atom. The largest absolute Gasteiger partial charge is 0.573 e. The Labute approximate surface area is 214 Å². The molecule has 2 aliphatic heterocycles. The van der Waals surface area contributed by atoms with Crippen molar-refractivity contribution in [3.05, 3.63) is 59.7 Å². The number of carbonyl (C=O) groups excluding carboxylic acids is 2. The minimum Gasteiger partial charge on any atom is -0.489 e. The lowest BCUT2D eigenvalue weighted by molar-refractivity contribution is -0.274. The standard InChI is InChI=1S/C20H21F3N2O3.C6H12N2O/c1-24-19(26)16-11-25(12-16)10-14-5-7-17(8-6-14)27-13-15-3-2-4-18(9-15)28-20(21,22)23;1-2-8-6(9)5-3-7-4-5/h2-9,16H,10-13H2,1H3,(H,24,26);5,7H,2-4H2,1H3,(H,8,9). The highest BCUT2D eigenvalue weighted by Gasteiger charge is 2.32. The Morgan fingerprint density at radius 3 is 2.27 bits per heavy atom. The first-order valence-corrected chi connectivity index (χ1v) is 12.2. The molecule has 202 valence electrons. The number of carbonyl (C=O) groups is 2. The monoisotopic (exact) mass is 522 g/mol. The van der Waals surface area contributed by atoms with Gasteiger partial charge in [0.05, 0.1) is 11.8 Å². The molecule has 0 unspecified atom stereocenters. The first kappa shape index (κ1) is 28.3. The highest BCUT2D eigenvalue weighted by Crippen LogP contribution is 2.24. The third kappa shape index (κ3) is 9.25. The third-order valence-corrected chi connectivity index (χ3v) is 5.94. The molecular formula is C26H33F3N4O4. The Bertz CT molecular complexity index is 1020. The van der Waals surface area contributed by atoms with Crippen molar-refractivity contribution in [1.29, 1.82) is 0 Å². The van der Waals surface area contributed by atoms with Crippen molar-refractivity contribution in [1.82, 2.24) is 20.9 Å². The summed E-state index contributed by atoms with van der Waals surface area (Å²) in [4.78, 5) is 24.6. The van der Waals surface area contributed by atoms with Crippen LogP contribution in [-0.2, 0) is 22.7 Å². The van der Waals surface area contributed by atoms with E-state index in [1.54, 1.807) is 13.1 Å². The van der Waals surface area contributed by atoms with Gasteiger partial charge in [-0.1, -0.05) is 24.3 Å². The van der Waals surface area contributed by atoms with Crippen LogP contribution in [0.4, 0.5) is 13.2 Å². The van der Waals surface area contributed by atoms with Crippen LogP contribution in [0.3, 0.4) is 0 Å². The van der Waals surface area contributed by atoms with Gasteiger partial charge in [-0.3, -0.25) is 14.5 Å². The predicted molar refractivity (Wildman–Crippen MR) is 132 cm³/mol. The zero-order valence-corrected chi connectivity index (χ0v) is 20.9. The molecule has 2 aromatic rings. The molecule has 2 amide bonds. The third-order valence-electron chi connectivity index (χ3n) is 5.94. The van der Waals surface area contributed by atoms with Gasteiger partial charge in [-0.15, -0.1) is 13.2 Å². The summed E-state index contributed by atoms with van der Waals surface area (Å²) in [6.45, 7) is 6.76. The smallest absolute Gasteiger partial charge is 0.489 e. The van der Waals surface area contributed by atoms with Crippen LogP contribution in [0.25, 0.3) is 0 Å². The van der Waals surface area contributed by atoms with Gasteiger partial charge in [-0.25, -0.2) is 0 Å². The van der Waals surface area contributed by atoms with E-state index >= 15 is 0 Å². The Balaban J connectivity index is 0.000000356. The average molecular weight is 523 g/mol. The SMILES string of the molecule is CCNC(=O)C1CNC1.CNC(=O)C1CN(Cc2ccc(OCc3cccc(OC(F)(F)F)c3)cc2)C1. The van der Waals surface area contributed by atoms with Crippen LogP contribution in [0.1, 0.15) is 18.1 Å². The van der Waals surface area contributed by atoms with E-state index in [1.165, 1.54) is 18.2 Å². The number of hydrogen-bond donors (Lipinski definition) is 3. The van der Waals surface area contributed by atoms with Crippen LogP contribution in [0.5, 0.6) is 11.5 Å². The topological polar surface area (TPSA) is 91.9 Å². The van der Waals surface area contributed by atoms with Gasteiger partial charge in [0.15, 0.2) is 0 Å². The molecule has 0 spiro atoms. The molecule has 2 fully saturated rings. The fraction of sp³-hybridized carbons (Fsp3) is 0.462. The summed E-state index contributed by atoms with van der Waals surface area (Å²) in [5.41, 5.74) is 1.68. The summed E-state index contributed by atoms with van der Waals surface area (Å²) in [6.07, 6.45) is -4.72. The fourth-order valence-corrected chi connectivity index (χ4v) is 3.81. The Hall–Kier alpha value is -3.31. The van der Waals surface area contributed by atoms with Crippen molar-refractivity contribution >= 4 is 11.8 Å². The number of likely N-dealkylation sites (tertiary alicyclic amines) is 1. The molecule has 8 nitrogen and oxygen atoms in total. The first-order chi connectivity index (χ1) is 17.7. The molecule has 2 aromatic carbocycles. The Kier molecular flexibility index (Phi) is 10.2. The van der Waals surface area contributed by atoms with Gasteiger partial charge in [0.2, 0.25) is 11.8 Å². The van der Waals surface area contributed by atoms with Crippen molar-refractivity contribution in [2.75, 3.05) is 39.8 Å². The van der Waals surface area contributed by atoms with Gasteiger partial charge >= 0.3 is 6.36 Å². The van der Waals surface area contributed by atoms with E-state index in [4.69, 9.17) is 4.74 Å². The van der Waals surface area contributed by atoms with Gasteiger partial charge in [0.25, 0.3) is 0 Å². The number of nitrogens with one attached hydrogen (secondary N) is 3. The molecule has 0 bridgehead atoms. The fourth-order valence-electron chi connectivity index (χ4n) is 3.81. The van der Waals surface area contributed by atoms with Gasteiger partial charge in [-0.05, 0) is 42.3 Å². The lowest BCUT2D eigenvalue weighted by Crippen LogP contribution is -2.52. The van der Waals surface area contributed by atoms with E-state index in [0.717, 1.165) is 44.8 Å². The zero-order valence-electron chi connectivity index (χ0n) is 20.9. The highest BCUT2D eigenvalue weighted by atomic mass is 19.4. The molecule has 11 heteroatoms. The number of halogens is 3. The molecule has 4 rings (SSSR count). The zero-order chi connectivity index (χ0) is 26.8. The van der Waals surface area contributed by atoms with Crippen LogP contribution >= 0.6 is 0 Å². The molecular weight excluding hydrogens is 489 g/mol. The molecule has 2 saturated heterocycles. The number of nitrogens with zero attached hydrogens (tertiary/aromatic N) is 1. The van der Waals surface area contributed by atoms with Crippen LogP contribution in [0.2, 0.25) is 0 Å². The minimum absolute atomic E-state index is 0.0599. The molecule has 0 saturated carbocycles. The maximum atomic E-state index is 12.3. The predicted octanol–water partition coefficient (Wildman–Crippen LogP) is 2.68. The maximum Gasteiger partial charge on any atom is 0.573 e. The van der Waals surface area contributed by atoms with Crippen LogP contribution in [-0.4, -0.2) is 62.8 Å². The highest BCUT2D eigenvalue weighted by molar-refractivity contribution is 5.80. The van der Waals surface area contributed by atoms with E-state index in [-0.39, 0.29) is 36.0 Å². The van der Waals surface area contributed by atoms with Crippen LogP contribution in [0, 0.1) is 11.8 Å². The second-order valence-corrected chi connectivity index (χ2v) is 8.88. The van der Waals surface area contributed by atoms with Gasteiger partial charge in [0, 0.05) is 46.3 Å². The second-order valence-electron chi connectivity index (χ2n) is 8.88. The van der Waals surface area contributed by atoms with E-state index in [2.05, 4.69) is 25.6 Å². The molecule has 2 aliphatic rings. The molecule has 0 aromatic heterocycles. The minimum atomic E-state index is -4.72. The van der Waals surface area contributed by atoms with Crippen molar-refractivity contribution in [2.24, 2.45) is 11.8 Å². The van der Waals surface area contributed by atoms with Gasteiger partial charge in [-0.2, -0.15) is 0 Å². The Morgan fingerprint density at radius 1 is 1.00 bits per heavy atom. The van der Waals surface area contributed by atoms with Crippen LogP contribution in [0.15, 0.2) is 48.5 Å². The quantitative estimate of drug-likeness (QED) is 0.469. The molecule has 0 atom stereocenters. The number of ether oxygens (including phenoxy) is 2. The van der Waals surface area contributed by atoms with E-state index in [9.17, 15) is 22.8 Å². The number of benzene rings is 2. The number of amides is 2. The lowest BCUT2D eigenvalue weighted by atomic mass is 9.98. The summed E-state index contributed by atoms with van der Waals surface area (Å²) in [6, 6.07) is 13.2. The summed E-state index contributed by atoms with van der Waals surface area (Å²) < 4.78 is 46.4. The summed E-state index contributed by atoms with van der Waals surface area (Å²) in [5, 5.41) is 8.46. The second kappa shape index (κ2) is 13.3. The maximum absolute atomic E-state index is 12.3. The summed E-state index contributed by atoms with van der Waals surface area (Å²) in [5.74, 6) is 0.918. The first-order valence-electron chi connectivity index (χ1n) is 12.2. The van der Waals surface area contributed by atoms with E-state index in [1.807, 2.05) is 31.2 Å². The number of rotatable bonds is 9. The van der Waals surface area contributed by atoms with E-state index in [0.29, 0.717) is 11.3 Å². The van der Waals surface area contributed by atoms with Crippen LogP contribution < -0.4 is 25.4 Å². The normalized spacial score (nSPS) is 15.9. The number of alkyl halides is 3. The van der Waals surface area contributed by atoms with Crippen molar-refractivity contribution < 1.29 is 32.2 Å². The lowest BCUT2D eigenvalue weighted by Gasteiger charge is -2.38. The van der Waals surface area contributed by atoms with Crippen molar-refractivity contribution in [3.63, 3.8) is 0 Å². The average Bonchev–Trinajstić information content (AvgIpc) is 2.79. The molecule has 0 aliphatic carbocycles. The summed E-state index contributed by atoms with van der Waals surface area (Å²) >= 11 is 0. The summed E-state index contributed by atoms with van der Waals surface area (Å²) in [7, 11) is 1.64. The molecule has 2 heterocycles. The molecule has 0 radical (unpaired) electrons. The van der Waals surface area contributed by atoms with Crippen molar-refractivity contribution in [3.8, 4) is 11.5 Å². The molecule has 3 N–H and O–H groups in total. The van der Waals surface area contributed by atoms with E-state index < -0.39 is 6.36 Å². The van der Waals surface area contributed by atoms with Gasteiger partial charge in [0.1, 0.15) is 18.1 Å².